The number of ether oxygens (including phenoxy) is 1. The first-order valence-corrected chi connectivity index (χ1v) is 9.15. The predicted octanol–water partition coefficient (Wildman–Crippen LogP) is 4.73. The Labute approximate surface area is 138 Å². The maximum atomic E-state index is 5.57. The molecule has 21 heavy (non-hydrogen) atoms. The summed E-state index contributed by atoms with van der Waals surface area (Å²) < 4.78 is 6.75. The molecule has 1 N–H and O–H groups in total. The Kier molecular flexibility index (Phi) is 4.99. The lowest BCUT2D eigenvalue weighted by atomic mass is 10.0. The van der Waals surface area contributed by atoms with Crippen LogP contribution in [0.2, 0.25) is 0 Å². The number of nitrogens with one attached hydrogen (secondary N) is 1. The van der Waals surface area contributed by atoms with E-state index < -0.39 is 0 Å². The van der Waals surface area contributed by atoms with Crippen LogP contribution in [-0.4, -0.2) is 13.2 Å². The van der Waals surface area contributed by atoms with Crippen LogP contribution in [0, 0.1) is 0 Å². The second kappa shape index (κ2) is 6.95. The highest BCUT2D eigenvalue weighted by Crippen LogP contribution is 2.30. The van der Waals surface area contributed by atoms with E-state index in [2.05, 4.69) is 57.8 Å². The van der Waals surface area contributed by atoms with Gasteiger partial charge in [-0.15, -0.1) is 11.3 Å². The van der Waals surface area contributed by atoms with Gasteiger partial charge < -0.3 is 10.1 Å². The quantitative estimate of drug-likeness (QED) is 0.798. The van der Waals surface area contributed by atoms with Gasteiger partial charge in [0.25, 0.3) is 0 Å². The number of hydrogen-bond acceptors (Lipinski definition) is 3. The Morgan fingerprint density at radius 2 is 2.29 bits per heavy atom. The monoisotopic (exact) mass is 365 g/mol. The lowest BCUT2D eigenvalue weighted by Gasteiger charge is -2.16. The summed E-state index contributed by atoms with van der Waals surface area (Å²) in [6.07, 6.45) is 3.28. The molecule has 2 aromatic rings. The average Bonchev–Trinajstić information content (AvgIpc) is 3.11. The number of benzene rings is 1. The van der Waals surface area contributed by atoms with Gasteiger partial charge in [0.05, 0.1) is 6.61 Å². The number of fused-ring (bicyclic) bond motifs is 1. The molecule has 112 valence electrons. The van der Waals surface area contributed by atoms with Crippen LogP contribution in [-0.2, 0) is 12.8 Å². The highest BCUT2D eigenvalue weighted by molar-refractivity contribution is 9.10. The highest BCUT2D eigenvalue weighted by Gasteiger charge is 2.15. The molecule has 0 radical (unpaired) electrons. The van der Waals surface area contributed by atoms with Crippen LogP contribution < -0.4 is 10.1 Å². The van der Waals surface area contributed by atoms with E-state index in [0.717, 1.165) is 38.2 Å². The van der Waals surface area contributed by atoms with Crippen molar-refractivity contribution in [3.8, 4) is 5.75 Å². The third kappa shape index (κ3) is 3.68. The molecule has 1 aliphatic heterocycles. The van der Waals surface area contributed by atoms with Crippen molar-refractivity contribution in [2.75, 3.05) is 13.2 Å². The molecule has 2 heterocycles. The van der Waals surface area contributed by atoms with Gasteiger partial charge >= 0.3 is 0 Å². The summed E-state index contributed by atoms with van der Waals surface area (Å²) in [5, 5.41) is 5.76. The predicted molar refractivity (Wildman–Crippen MR) is 92.4 cm³/mol. The van der Waals surface area contributed by atoms with Gasteiger partial charge in [-0.1, -0.05) is 19.1 Å². The van der Waals surface area contributed by atoms with E-state index in [1.807, 2.05) is 11.3 Å². The number of rotatable bonds is 6. The van der Waals surface area contributed by atoms with E-state index >= 15 is 0 Å². The number of halogens is 1. The Bertz CT molecular complexity index is 611. The first-order chi connectivity index (χ1) is 10.3. The molecule has 3 rings (SSSR count). The van der Waals surface area contributed by atoms with Crippen LogP contribution in [0.25, 0.3) is 0 Å². The zero-order chi connectivity index (χ0) is 14.7. The van der Waals surface area contributed by atoms with Gasteiger partial charge in [0.2, 0.25) is 0 Å². The van der Waals surface area contributed by atoms with Crippen molar-refractivity contribution in [3.63, 3.8) is 0 Å². The van der Waals surface area contributed by atoms with Crippen molar-refractivity contribution < 1.29 is 4.74 Å². The van der Waals surface area contributed by atoms with Gasteiger partial charge in [0, 0.05) is 27.2 Å². The summed E-state index contributed by atoms with van der Waals surface area (Å²) in [7, 11) is 0. The average molecular weight is 366 g/mol. The molecule has 0 aliphatic carbocycles. The standard InChI is InChI=1S/C17H20BrNOS/c1-2-19-15(17-10-14(18)11-21-17)5-3-12-4-6-16-13(9-12)7-8-20-16/h4,6,9-11,15,19H,2-3,5,7-8H2,1H3. The SMILES string of the molecule is CCNC(CCc1ccc2c(c1)CCO2)c1cc(Br)cs1. The smallest absolute Gasteiger partial charge is 0.122 e. The second-order valence-electron chi connectivity index (χ2n) is 5.36. The van der Waals surface area contributed by atoms with Crippen molar-refractivity contribution >= 4 is 27.3 Å². The van der Waals surface area contributed by atoms with Gasteiger partial charge in [-0.05, 0) is 58.6 Å². The van der Waals surface area contributed by atoms with Gasteiger partial charge in [0.1, 0.15) is 5.75 Å². The maximum Gasteiger partial charge on any atom is 0.122 e. The third-order valence-electron chi connectivity index (χ3n) is 3.86. The zero-order valence-electron chi connectivity index (χ0n) is 12.2. The molecule has 1 aromatic carbocycles. The summed E-state index contributed by atoms with van der Waals surface area (Å²) in [6.45, 7) is 4.00. The van der Waals surface area contributed by atoms with E-state index in [4.69, 9.17) is 4.74 Å². The molecule has 1 aromatic heterocycles. The Morgan fingerprint density at radius 3 is 3.05 bits per heavy atom. The zero-order valence-corrected chi connectivity index (χ0v) is 14.6. The minimum Gasteiger partial charge on any atom is -0.493 e. The number of aryl methyl sites for hydroxylation is 1. The molecule has 0 saturated heterocycles. The lowest BCUT2D eigenvalue weighted by molar-refractivity contribution is 0.357. The Morgan fingerprint density at radius 1 is 1.38 bits per heavy atom. The molecule has 1 unspecified atom stereocenters. The molecule has 2 nitrogen and oxygen atoms in total. The Hall–Kier alpha value is -0.840. The fourth-order valence-corrected chi connectivity index (χ4v) is 4.36. The second-order valence-corrected chi connectivity index (χ2v) is 7.22. The van der Waals surface area contributed by atoms with E-state index in [-0.39, 0.29) is 0 Å². The number of hydrogen-bond donors (Lipinski definition) is 1. The summed E-state index contributed by atoms with van der Waals surface area (Å²) in [6, 6.07) is 9.32. The van der Waals surface area contributed by atoms with Crippen LogP contribution in [0.15, 0.2) is 34.1 Å². The molecule has 0 bridgehead atoms. The maximum absolute atomic E-state index is 5.57. The summed E-state index contributed by atoms with van der Waals surface area (Å²) in [4.78, 5) is 1.41. The van der Waals surface area contributed by atoms with Crippen LogP contribution in [0.3, 0.4) is 0 Å². The fourth-order valence-electron chi connectivity index (χ4n) is 2.81. The molecule has 0 amide bonds. The first kappa shape index (κ1) is 15.1. The topological polar surface area (TPSA) is 21.3 Å². The first-order valence-electron chi connectivity index (χ1n) is 7.48. The van der Waals surface area contributed by atoms with Gasteiger partial charge in [-0.2, -0.15) is 0 Å². The van der Waals surface area contributed by atoms with E-state index in [9.17, 15) is 0 Å². The molecule has 0 fully saturated rings. The summed E-state index contributed by atoms with van der Waals surface area (Å²) in [5.74, 6) is 1.07. The van der Waals surface area contributed by atoms with Crippen LogP contribution in [0.5, 0.6) is 5.75 Å². The van der Waals surface area contributed by atoms with Gasteiger partial charge in [-0.25, -0.2) is 0 Å². The molecular weight excluding hydrogens is 346 g/mol. The van der Waals surface area contributed by atoms with Crippen LogP contribution in [0.1, 0.15) is 35.4 Å². The van der Waals surface area contributed by atoms with Crippen molar-refractivity contribution in [3.05, 3.63) is 50.1 Å². The van der Waals surface area contributed by atoms with Crippen molar-refractivity contribution in [2.45, 2.75) is 32.2 Å². The lowest BCUT2D eigenvalue weighted by Crippen LogP contribution is -2.20. The van der Waals surface area contributed by atoms with E-state index in [1.54, 1.807) is 0 Å². The van der Waals surface area contributed by atoms with E-state index in [1.165, 1.54) is 20.5 Å². The van der Waals surface area contributed by atoms with Gasteiger partial charge in [0.15, 0.2) is 0 Å². The van der Waals surface area contributed by atoms with Gasteiger partial charge in [-0.3, -0.25) is 0 Å². The Balaban J connectivity index is 1.66. The molecule has 0 spiro atoms. The molecule has 1 aliphatic rings. The van der Waals surface area contributed by atoms with Crippen LogP contribution >= 0.6 is 27.3 Å². The minimum absolute atomic E-state index is 0.441. The minimum atomic E-state index is 0.441. The largest absolute Gasteiger partial charge is 0.493 e. The molecular formula is C17H20BrNOS. The highest BCUT2D eigenvalue weighted by atomic mass is 79.9. The van der Waals surface area contributed by atoms with Crippen molar-refractivity contribution in [1.29, 1.82) is 0 Å². The normalized spacial score (nSPS) is 14.8. The molecule has 1 atom stereocenters. The summed E-state index contributed by atoms with van der Waals surface area (Å²) in [5.41, 5.74) is 2.78. The number of thiophene rings is 1. The molecule has 4 heteroatoms. The summed E-state index contributed by atoms with van der Waals surface area (Å²) >= 11 is 5.37. The van der Waals surface area contributed by atoms with E-state index in [0.29, 0.717) is 6.04 Å². The third-order valence-corrected chi connectivity index (χ3v) is 5.66. The molecule has 0 saturated carbocycles. The fraction of sp³-hybridized carbons (Fsp3) is 0.412. The van der Waals surface area contributed by atoms with Crippen molar-refractivity contribution in [1.82, 2.24) is 5.32 Å². The van der Waals surface area contributed by atoms with Crippen LogP contribution in [0.4, 0.5) is 0 Å². The van der Waals surface area contributed by atoms with Crippen molar-refractivity contribution in [2.24, 2.45) is 0 Å².